The van der Waals surface area contributed by atoms with Gasteiger partial charge in [-0.2, -0.15) is 0 Å². The molecule has 0 aliphatic carbocycles. The summed E-state index contributed by atoms with van der Waals surface area (Å²) in [6.45, 7) is 4.11. The van der Waals surface area contributed by atoms with Crippen molar-refractivity contribution in [3.05, 3.63) is 58.6 Å². The summed E-state index contributed by atoms with van der Waals surface area (Å²) in [6, 6.07) is 13.9. The Kier molecular flexibility index (Phi) is 5.05. The average molecular weight is 290 g/mol. The predicted octanol–water partition coefficient (Wildman–Crippen LogP) is 4.72. The van der Waals surface area contributed by atoms with Crippen LogP contribution in [-0.4, -0.2) is 6.04 Å². The van der Waals surface area contributed by atoms with E-state index in [2.05, 4.69) is 13.0 Å². The van der Waals surface area contributed by atoms with Crippen molar-refractivity contribution < 1.29 is 4.74 Å². The molecule has 0 saturated heterocycles. The van der Waals surface area contributed by atoms with Gasteiger partial charge in [-0.25, -0.2) is 0 Å². The van der Waals surface area contributed by atoms with E-state index in [0.29, 0.717) is 10.8 Å². The van der Waals surface area contributed by atoms with Crippen molar-refractivity contribution in [3.63, 3.8) is 0 Å². The Morgan fingerprint density at radius 1 is 1.20 bits per heavy atom. The standard InChI is InChI=1S/C17H20ClNO/c1-3-14(19)10-13-5-4-6-15(11-13)20-17-9-12(2)7-8-16(17)18/h4-9,11,14H,3,10,19H2,1-2H3. The van der Waals surface area contributed by atoms with Crippen LogP contribution in [0.25, 0.3) is 0 Å². The molecule has 0 spiro atoms. The Balaban J connectivity index is 2.17. The molecule has 20 heavy (non-hydrogen) atoms. The lowest BCUT2D eigenvalue weighted by Gasteiger charge is -2.12. The highest BCUT2D eigenvalue weighted by Crippen LogP contribution is 2.30. The first-order valence-electron chi connectivity index (χ1n) is 6.87. The molecule has 2 nitrogen and oxygen atoms in total. The predicted molar refractivity (Wildman–Crippen MR) is 84.7 cm³/mol. The molecule has 3 heteroatoms. The molecule has 0 heterocycles. The number of halogens is 1. The highest BCUT2D eigenvalue weighted by Gasteiger charge is 2.06. The van der Waals surface area contributed by atoms with Crippen LogP contribution in [0.2, 0.25) is 5.02 Å². The van der Waals surface area contributed by atoms with Gasteiger partial charge in [0.2, 0.25) is 0 Å². The van der Waals surface area contributed by atoms with Gasteiger partial charge in [-0.15, -0.1) is 0 Å². The molecule has 2 N–H and O–H groups in total. The minimum absolute atomic E-state index is 0.188. The molecule has 0 bridgehead atoms. The first-order chi connectivity index (χ1) is 9.58. The summed E-state index contributed by atoms with van der Waals surface area (Å²) in [5.41, 5.74) is 8.29. The van der Waals surface area contributed by atoms with Crippen LogP contribution >= 0.6 is 11.6 Å². The van der Waals surface area contributed by atoms with E-state index in [1.165, 1.54) is 5.56 Å². The van der Waals surface area contributed by atoms with Gasteiger partial charge in [0.15, 0.2) is 0 Å². The van der Waals surface area contributed by atoms with Crippen LogP contribution in [0.3, 0.4) is 0 Å². The molecule has 106 valence electrons. The van der Waals surface area contributed by atoms with Gasteiger partial charge in [-0.3, -0.25) is 0 Å². The van der Waals surface area contributed by atoms with E-state index in [1.54, 1.807) is 0 Å². The Morgan fingerprint density at radius 2 is 2.00 bits per heavy atom. The monoisotopic (exact) mass is 289 g/mol. The van der Waals surface area contributed by atoms with E-state index in [1.807, 2.05) is 43.3 Å². The van der Waals surface area contributed by atoms with Gasteiger partial charge in [0.05, 0.1) is 5.02 Å². The molecule has 0 saturated carbocycles. The van der Waals surface area contributed by atoms with Crippen LogP contribution in [0.5, 0.6) is 11.5 Å². The zero-order valence-electron chi connectivity index (χ0n) is 11.9. The summed E-state index contributed by atoms with van der Waals surface area (Å²) in [6.07, 6.45) is 1.82. The molecular formula is C17H20ClNO. The highest BCUT2D eigenvalue weighted by molar-refractivity contribution is 6.32. The molecule has 2 aromatic carbocycles. The third kappa shape index (κ3) is 3.99. The minimum Gasteiger partial charge on any atom is -0.456 e. The maximum Gasteiger partial charge on any atom is 0.146 e. The maximum atomic E-state index is 6.15. The van der Waals surface area contributed by atoms with Gasteiger partial charge in [0, 0.05) is 6.04 Å². The van der Waals surface area contributed by atoms with Crippen molar-refractivity contribution in [2.75, 3.05) is 0 Å². The summed E-state index contributed by atoms with van der Waals surface area (Å²) in [7, 11) is 0. The fourth-order valence-electron chi connectivity index (χ4n) is 2.00. The number of hydrogen-bond donors (Lipinski definition) is 1. The number of ether oxygens (including phenoxy) is 1. The quantitative estimate of drug-likeness (QED) is 0.864. The molecule has 0 fully saturated rings. The van der Waals surface area contributed by atoms with Crippen molar-refractivity contribution in [1.29, 1.82) is 0 Å². The Labute approximate surface area is 125 Å². The smallest absolute Gasteiger partial charge is 0.146 e. The van der Waals surface area contributed by atoms with Crippen LogP contribution in [-0.2, 0) is 6.42 Å². The second-order valence-corrected chi connectivity index (χ2v) is 5.46. The Bertz CT molecular complexity index is 583. The lowest BCUT2D eigenvalue weighted by atomic mass is 10.0. The largest absolute Gasteiger partial charge is 0.456 e. The molecule has 0 aromatic heterocycles. The zero-order chi connectivity index (χ0) is 14.5. The summed E-state index contributed by atoms with van der Waals surface area (Å²) < 4.78 is 5.87. The SMILES string of the molecule is CCC(N)Cc1cccc(Oc2cc(C)ccc2Cl)c1. The molecule has 2 rings (SSSR count). The molecule has 0 aliphatic heterocycles. The lowest BCUT2D eigenvalue weighted by molar-refractivity contribution is 0.481. The van der Waals surface area contributed by atoms with Gasteiger partial charge >= 0.3 is 0 Å². The van der Waals surface area contributed by atoms with Crippen LogP contribution < -0.4 is 10.5 Å². The first kappa shape index (κ1) is 14.9. The average Bonchev–Trinajstić information content (AvgIpc) is 2.43. The summed E-state index contributed by atoms with van der Waals surface area (Å²) in [4.78, 5) is 0. The number of hydrogen-bond acceptors (Lipinski definition) is 2. The second-order valence-electron chi connectivity index (χ2n) is 5.06. The van der Waals surface area contributed by atoms with E-state index in [4.69, 9.17) is 22.1 Å². The molecule has 1 atom stereocenters. The molecule has 0 aliphatic rings. The van der Waals surface area contributed by atoms with Gasteiger partial charge in [-0.1, -0.05) is 36.7 Å². The second kappa shape index (κ2) is 6.78. The third-order valence-corrected chi connectivity index (χ3v) is 3.55. The van der Waals surface area contributed by atoms with Crippen LogP contribution in [0.15, 0.2) is 42.5 Å². The van der Waals surface area contributed by atoms with Crippen molar-refractivity contribution in [3.8, 4) is 11.5 Å². The minimum atomic E-state index is 0.188. The molecular weight excluding hydrogens is 270 g/mol. The first-order valence-corrected chi connectivity index (χ1v) is 7.25. The molecule has 0 amide bonds. The normalized spacial score (nSPS) is 12.2. The van der Waals surface area contributed by atoms with Gasteiger partial charge in [0.1, 0.15) is 11.5 Å². The lowest BCUT2D eigenvalue weighted by Crippen LogP contribution is -2.21. The van der Waals surface area contributed by atoms with Gasteiger partial charge in [-0.05, 0) is 55.2 Å². The van der Waals surface area contributed by atoms with Crippen molar-refractivity contribution in [2.45, 2.75) is 32.7 Å². The summed E-state index contributed by atoms with van der Waals surface area (Å²) in [5, 5.41) is 0.617. The van der Waals surface area contributed by atoms with Crippen molar-refractivity contribution in [1.82, 2.24) is 0 Å². The van der Waals surface area contributed by atoms with E-state index in [0.717, 1.165) is 24.2 Å². The van der Waals surface area contributed by atoms with Gasteiger partial charge < -0.3 is 10.5 Å². The molecule has 2 aromatic rings. The number of aryl methyl sites for hydroxylation is 1. The Morgan fingerprint density at radius 3 is 2.75 bits per heavy atom. The van der Waals surface area contributed by atoms with E-state index >= 15 is 0 Å². The maximum absolute atomic E-state index is 6.15. The highest BCUT2D eigenvalue weighted by atomic mass is 35.5. The van der Waals surface area contributed by atoms with Crippen molar-refractivity contribution in [2.24, 2.45) is 5.73 Å². The summed E-state index contributed by atoms with van der Waals surface area (Å²) in [5.74, 6) is 1.47. The van der Waals surface area contributed by atoms with E-state index in [-0.39, 0.29) is 6.04 Å². The summed E-state index contributed by atoms with van der Waals surface area (Å²) >= 11 is 6.15. The van der Waals surface area contributed by atoms with Crippen LogP contribution in [0.1, 0.15) is 24.5 Å². The number of rotatable bonds is 5. The van der Waals surface area contributed by atoms with E-state index < -0.39 is 0 Å². The van der Waals surface area contributed by atoms with Crippen LogP contribution in [0.4, 0.5) is 0 Å². The van der Waals surface area contributed by atoms with Crippen LogP contribution in [0, 0.1) is 6.92 Å². The fraction of sp³-hybridized carbons (Fsp3) is 0.294. The van der Waals surface area contributed by atoms with Crippen molar-refractivity contribution >= 4 is 11.6 Å². The third-order valence-electron chi connectivity index (χ3n) is 3.24. The van der Waals surface area contributed by atoms with E-state index in [9.17, 15) is 0 Å². The molecule has 0 radical (unpaired) electrons. The topological polar surface area (TPSA) is 35.2 Å². The number of nitrogens with two attached hydrogens (primary N) is 1. The van der Waals surface area contributed by atoms with Gasteiger partial charge in [0.25, 0.3) is 0 Å². The fourth-order valence-corrected chi connectivity index (χ4v) is 2.15. The zero-order valence-corrected chi connectivity index (χ0v) is 12.7. The number of benzene rings is 2. The Hall–Kier alpha value is -1.51. The molecule has 1 unspecified atom stereocenters.